The second-order valence-electron chi connectivity index (χ2n) is 5.59. The first kappa shape index (κ1) is 16.9. The van der Waals surface area contributed by atoms with Crippen LogP contribution in [0.1, 0.15) is 42.7 Å². The van der Waals surface area contributed by atoms with Crippen LogP contribution in [0.5, 0.6) is 0 Å². The van der Waals surface area contributed by atoms with Crippen molar-refractivity contribution in [3.63, 3.8) is 0 Å². The molecule has 0 atom stereocenters. The first-order chi connectivity index (χ1) is 11.1. The lowest BCUT2D eigenvalue weighted by atomic mass is 10.2. The number of carbonyl (C=O) groups is 1. The second kappa shape index (κ2) is 8.27. The van der Waals surface area contributed by atoms with Crippen molar-refractivity contribution in [2.75, 3.05) is 23.3 Å². The molecule has 1 N–H and O–H groups in total. The van der Waals surface area contributed by atoms with Gasteiger partial charge in [0, 0.05) is 18.8 Å². The quantitative estimate of drug-likeness (QED) is 0.847. The molecule has 1 heterocycles. The maximum absolute atomic E-state index is 12.2. The molecule has 5 nitrogen and oxygen atoms in total. The van der Waals surface area contributed by atoms with Gasteiger partial charge in [0.15, 0.2) is 11.5 Å². The summed E-state index contributed by atoms with van der Waals surface area (Å²) >= 11 is 0. The highest BCUT2D eigenvalue weighted by Gasteiger charge is 2.11. The maximum atomic E-state index is 12.2. The lowest BCUT2D eigenvalue weighted by Crippen LogP contribution is -2.26. The molecular weight excluding hydrogens is 288 g/mol. The molecule has 0 bridgehead atoms. The predicted molar refractivity (Wildman–Crippen MR) is 94.0 cm³/mol. The number of benzene rings is 1. The lowest BCUT2D eigenvalue weighted by Gasteiger charge is -2.21. The van der Waals surface area contributed by atoms with Gasteiger partial charge in [0.25, 0.3) is 5.91 Å². The van der Waals surface area contributed by atoms with Gasteiger partial charge in [0.05, 0.1) is 0 Å². The average Bonchev–Trinajstić information content (AvgIpc) is 2.55. The first-order valence-electron chi connectivity index (χ1n) is 8.10. The van der Waals surface area contributed by atoms with Gasteiger partial charge in [-0.25, -0.2) is 0 Å². The minimum absolute atomic E-state index is 0.243. The number of hydrogen-bond donors (Lipinski definition) is 1. The van der Waals surface area contributed by atoms with Gasteiger partial charge >= 0.3 is 0 Å². The van der Waals surface area contributed by atoms with E-state index in [1.165, 1.54) is 0 Å². The highest BCUT2D eigenvalue weighted by atomic mass is 16.1. The van der Waals surface area contributed by atoms with Gasteiger partial charge in [-0.3, -0.25) is 4.79 Å². The number of hydrogen-bond acceptors (Lipinski definition) is 4. The van der Waals surface area contributed by atoms with Crippen LogP contribution in [0.3, 0.4) is 0 Å². The van der Waals surface area contributed by atoms with Gasteiger partial charge < -0.3 is 10.2 Å². The van der Waals surface area contributed by atoms with Crippen molar-refractivity contribution in [3.05, 3.63) is 47.7 Å². The van der Waals surface area contributed by atoms with Crippen molar-refractivity contribution in [2.45, 2.75) is 33.6 Å². The molecule has 1 aromatic carbocycles. The van der Waals surface area contributed by atoms with E-state index in [9.17, 15) is 4.79 Å². The summed E-state index contributed by atoms with van der Waals surface area (Å²) in [6, 6.07) is 11.3. The van der Waals surface area contributed by atoms with Crippen molar-refractivity contribution in [1.29, 1.82) is 0 Å². The van der Waals surface area contributed by atoms with Crippen LogP contribution in [0, 0.1) is 6.92 Å². The minimum atomic E-state index is -0.243. The van der Waals surface area contributed by atoms with Crippen molar-refractivity contribution in [3.8, 4) is 0 Å². The Balaban J connectivity index is 2.07. The molecule has 0 saturated heterocycles. The Labute approximate surface area is 137 Å². The number of rotatable bonds is 7. The van der Waals surface area contributed by atoms with Crippen LogP contribution in [0.2, 0.25) is 0 Å². The predicted octanol–water partition coefficient (Wildman–Crippen LogP) is 3.66. The zero-order valence-electron chi connectivity index (χ0n) is 14.0. The molecule has 0 aliphatic rings. The van der Waals surface area contributed by atoms with E-state index in [1.54, 1.807) is 6.07 Å². The minimum Gasteiger partial charge on any atom is -0.355 e. The van der Waals surface area contributed by atoms with Crippen LogP contribution < -0.4 is 10.2 Å². The van der Waals surface area contributed by atoms with Gasteiger partial charge in [0.2, 0.25) is 0 Å². The number of carbonyl (C=O) groups excluding carboxylic acids is 1. The van der Waals surface area contributed by atoms with E-state index in [0.717, 1.165) is 43.0 Å². The van der Waals surface area contributed by atoms with E-state index in [0.29, 0.717) is 5.69 Å². The summed E-state index contributed by atoms with van der Waals surface area (Å²) in [5.41, 5.74) is 2.18. The zero-order valence-corrected chi connectivity index (χ0v) is 14.0. The molecule has 0 fully saturated rings. The summed E-state index contributed by atoms with van der Waals surface area (Å²) in [5.74, 6) is 0.577. The molecule has 0 saturated carbocycles. The van der Waals surface area contributed by atoms with E-state index in [4.69, 9.17) is 0 Å². The Bertz CT molecular complexity index is 634. The van der Waals surface area contributed by atoms with Gasteiger partial charge in [-0.1, -0.05) is 26.0 Å². The summed E-state index contributed by atoms with van der Waals surface area (Å²) in [6.45, 7) is 8.15. The van der Waals surface area contributed by atoms with Gasteiger partial charge in [-0.2, -0.15) is 0 Å². The van der Waals surface area contributed by atoms with Crippen LogP contribution in [0.15, 0.2) is 36.4 Å². The Morgan fingerprint density at radius 2 is 1.83 bits per heavy atom. The van der Waals surface area contributed by atoms with E-state index >= 15 is 0 Å². The number of nitrogens with zero attached hydrogens (tertiary/aromatic N) is 3. The highest BCUT2D eigenvalue weighted by Crippen LogP contribution is 2.13. The zero-order chi connectivity index (χ0) is 16.7. The second-order valence-corrected chi connectivity index (χ2v) is 5.59. The molecule has 0 spiro atoms. The van der Waals surface area contributed by atoms with E-state index < -0.39 is 0 Å². The van der Waals surface area contributed by atoms with E-state index in [-0.39, 0.29) is 5.91 Å². The largest absolute Gasteiger partial charge is 0.355 e. The monoisotopic (exact) mass is 312 g/mol. The number of nitrogens with one attached hydrogen (secondary N) is 1. The third kappa shape index (κ3) is 4.77. The first-order valence-corrected chi connectivity index (χ1v) is 8.10. The SMILES string of the molecule is CCCN(CCC)c1ccc(C(=O)Nc2cccc(C)c2)nn1. The van der Waals surface area contributed by atoms with Gasteiger partial charge in [-0.05, 0) is 49.6 Å². The van der Waals surface area contributed by atoms with E-state index in [1.807, 2.05) is 37.3 Å². The Kier molecular flexibility index (Phi) is 6.09. The molecule has 0 aliphatic heterocycles. The maximum Gasteiger partial charge on any atom is 0.276 e. The van der Waals surface area contributed by atoms with Crippen LogP contribution >= 0.6 is 0 Å². The average molecular weight is 312 g/mol. The van der Waals surface area contributed by atoms with Crippen LogP contribution in [-0.2, 0) is 0 Å². The summed E-state index contributed by atoms with van der Waals surface area (Å²) < 4.78 is 0. The summed E-state index contributed by atoms with van der Waals surface area (Å²) in [4.78, 5) is 14.4. The smallest absolute Gasteiger partial charge is 0.276 e. The fraction of sp³-hybridized carbons (Fsp3) is 0.389. The van der Waals surface area contributed by atoms with Crippen LogP contribution in [0.25, 0.3) is 0 Å². The normalized spacial score (nSPS) is 10.4. The van der Waals surface area contributed by atoms with E-state index in [2.05, 4.69) is 34.3 Å². The van der Waals surface area contributed by atoms with Crippen molar-refractivity contribution in [1.82, 2.24) is 10.2 Å². The molecule has 2 aromatic rings. The molecule has 1 aromatic heterocycles. The summed E-state index contributed by atoms with van der Waals surface area (Å²) in [6.07, 6.45) is 2.11. The molecule has 122 valence electrons. The van der Waals surface area contributed by atoms with Crippen LogP contribution in [-0.4, -0.2) is 29.2 Å². The molecule has 23 heavy (non-hydrogen) atoms. The molecule has 0 aliphatic carbocycles. The summed E-state index contributed by atoms with van der Waals surface area (Å²) in [5, 5.41) is 11.1. The number of amides is 1. The van der Waals surface area contributed by atoms with Crippen LogP contribution in [0.4, 0.5) is 11.5 Å². The topological polar surface area (TPSA) is 58.1 Å². The molecule has 0 unspecified atom stereocenters. The third-order valence-corrected chi connectivity index (χ3v) is 3.47. The molecule has 0 radical (unpaired) electrons. The number of aryl methyl sites for hydroxylation is 1. The Morgan fingerprint density at radius 3 is 2.39 bits per heavy atom. The highest BCUT2D eigenvalue weighted by molar-refractivity contribution is 6.02. The van der Waals surface area contributed by atoms with Crippen molar-refractivity contribution >= 4 is 17.4 Å². The molecule has 5 heteroatoms. The Hall–Kier alpha value is -2.43. The standard InChI is InChI=1S/C18H24N4O/c1-4-11-22(12-5-2)17-10-9-16(20-21-17)18(23)19-15-8-6-7-14(3)13-15/h6-10,13H,4-5,11-12H2,1-3H3,(H,19,23). The molecular formula is C18H24N4O. The summed E-state index contributed by atoms with van der Waals surface area (Å²) in [7, 11) is 0. The van der Waals surface area contributed by atoms with Crippen molar-refractivity contribution < 1.29 is 4.79 Å². The Morgan fingerprint density at radius 1 is 1.09 bits per heavy atom. The number of anilines is 2. The van der Waals surface area contributed by atoms with Gasteiger partial charge in [-0.15, -0.1) is 10.2 Å². The fourth-order valence-corrected chi connectivity index (χ4v) is 2.41. The number of aromatic nitrogens is 2. The van der Waals surface area contributed by atoms with Gasteiger partial charge in [0.1, 0.15) is 0 Å². The molecule has 1 amide bonds. The molecule has 2 rings (SSSR count). The fourth-order valence-electron chi connectivity index (χ4n) is 2.41. The van der Waals surface area contributed by atoms with Crippen molar-refractivity contribution in [2.24, 2.45) is 0 Å². The third-order valence-electron chi connectivity index (χ3n) is 3.47. The lowest BCUT2D eigenvalue weighted by molar-refractivity contribution is 0.102.